The average Bonchev–Trinajstić information content (AvgIpc) is 2.80. The van der Waals surface area contributed by atoms with Crippen LogP contribution in [0.25, 0.3) is 0 Å². The van der Waals surface area contributed by atoms with Gasteiger partial charge in [0.25, 0.3) is 0 Å². The van der Waals surface area contributed by atoms with Crippen LogP contribution in [0.2, 0.25) is 5.02 Å². The lowest BCUT2D eigenvalue weighted by Gasteiger charge is -2.29. The first-order valence-corrected chi connectivity index (χ1v) is 8.60. The lowest BCUT2D eigenvalue weighted by molar-refractivity contribution is 0.489. The lowest BCUT2D eigenvalue weighted by atomic mass is 9.99. The zero-order chi connectivity index (χ0) is 15.8. The van der Waals surface area contributed by atoms with Crippen molar-refractivity contribution in [3.8, 4) is 0 Å². The van der Waals surface area contributed by atoms with E-state index in [-0.39, 0.29) is 22.6 Å². The number of nitrogens with one attached hydrogen (secondary N) is 2. The lowest BCUT2D eigenvalue weighted by Crippen LogP contribution is -2.46. The third-order valence-electron chi connectivity index (χ3n) is 3.62. The minimum atomic E-state index is -1.17. The molecule has 1 aliphatic heterocycles. The molecule has 1 saturated heterocycles. The van der Waals surface area contributed by atoms with Gasteiger partial charge in [-0.05, 0) is 63.9 Å². The van der Waals surface area contributed by atoms with E-state index in [4.69, 9.17) is 11.6 Å². The van der Waals surface area contributed by atoms with Crippen molar-refractivity contribution in [1.29, 1.82) is 0 Å². The number of rotatable bonds is 3. The second-order valence-corrected chi connectivity index (χ2v) is 8.83. The number of aryl methyl sites for hydroxylation is 1. The molecule has 1 fully saturated rings. The molecule has 2 rings (SSSR count). The number of halogens is 2. The maximum atomic E-state index is 13.7. The summed E-state index contributed by atoms with van der Waals surface area (Å²) in [6.07, 6.45) is 0.832. The Morgan fingerprint density at radius 1 is 1.43 bits per heavy atom. The molecule has 3 nitrogen and oxygen atoms in total. The summed E-state index contributed by atoms with van der Waals surface area (Å²) in [4.78, 5) is 0. The highest BCUT2D eigenvalue weighted by atomic mass is 35.5. The highest BCUT2D eigenvalue weighted by molar-refractivity contribution is 7.90. The van der Waals surface area contributed by atoms with Gasteiger partial charge in [0.05, 0.1) is 12.1 Å². The van der Waals surface area contributed by atoms with Gasteiger partial charge in [-0.15, -0.1) is 4.72 Å². The summed E-state index contributed by atoms with van der Waals surface area (Å²) in [5.74, 6) is -0.295. The van der Waals surface area contributed by atoms with Crippen molar-refractivity contribution in [2.75, 3.05) is 6.54 Å². The predicted molar refractivity (Wildman–Crippen MR) is 86.3 cm³/mol. The molecule has 1 aromatic carbocycles. The molecule has 3 atom stereocenters. The van der Waals surface area contributed by atoms with E-state index in [1.54, 1.807) is 6.92 Å². The summed E-state index contributed by atoms with van der Waals surface area (Å²) >= 11 is 5.16. The second-order valence-electron chi connectivity index (χ2n) is 6.45. The Hall–Kier alpha value is -0.330. The van der Waals surface area contributed by atoms with Gasteiger partial charge in [-0.3, -0.25) is 0 Å². The molecule has 0 saturated carbocycles. The van der Waals surface area contributed by atoms with Crippen LogP contribution < -0.4 is 10.0 Å². The van der Waals surface area contributed by atoms with Crippen LogP contribution in [-0.2, 0) is 11.4 Å². The third kappa shape index (κ3) is 3.90. The molecule has 0 aromatic heterocycles. The molecule has 2 N–H and O–H groups in total. The summed E-state index contributed by atoms with van der Waals surface area (Å²) in [7, 11) is 0. The van der Waals surface area contributed by atoms with Crippen molar-refractivity contribution >= 4 is 23.0 Å². The molecule has 21 heavy (non-hydrogen) atoms. The quantitative estimate of drug-likeness (QED) is 0.835. The van der Waals surface area contributed by atoms with Gasteiger partial charge in [0.15, 0.2) is 0 Å². The minimum absolute atomic E-state index is 0.0243. The van der Waals surface area contributed by atoms with E-state index in [1.165, 1.54) is 12.1 Å². The van der Waals surface area contributed by atoms with Crippen LogP contribution in [0.3, 0.4) is 0 Å². The molecule has 6 heteroatoms. The molecule has 0 radical (unpaired) electrons. The number of hydrogen-bond acceptors (Lipinski definition) is 3. The zero-order valence-corrected chi connectivity index (χ0v) is 14.4. The Kier molecular flexibility index (Phi) is 5.21. The third-order valence-corrected chi connectivity index (χ3v) is 5.76. The average molecular weight is 333 g/mol. The van der Waals surface area contributed by atoms with Gasteiger partial charge in [-0.1, -0.05) is 11.6 Å². The summed E-state index contributed by atoms with van der Waals surface area (Å²) in [6, 6.07) is 2.74. The zero-order valence-electron chi connectivity index (χ0n) is 12.8. The van der Waals surface area contributed by atoms with E-state index in [2.05, 4.69) is 10.0 Å². The van der Waals surface area contributed by atoms with Gasteiger partial charge in [0, 0.05) is 16.4 Å². The smallest absolute Gasteiger partial charge is 0.136 e. The van der Waals surface area contributed by atoms with Crippen molar-refractivity contribution in [1.82, 2.24) is 10.0 Å². The first-order valence-electron chi connectivity index (χ1n) is 7.07. The SMILES string of the molecule is Cc1cc(F)cc([C@H]2NCC[C@H]2N[S+]([O-])C(C)(C)C)c1Cl. The first-order chi connectivity index (χ1) is 9.70. The van der Waals surface area contributed by atoms with E-state index in [0.29, 0.717) is 5.02 Å². The Balaban J connectivity index is 2.23. The van der Waals surface area contributed by atoms with Gasteiger partial charge < -0.3 is 9.87 Å². The van der Waals surface area contributed by atoms with Crippen LogP contribution in [0.1, 0.15) is 44.4 Å². The van der Waals surface area contributed by atoms with E-state index in [1.807, 2.05) is 20.8 Å². The Morgan fingerprint density at radius 3 is 2.71 bits per heavy atom. The van der Waals surface area contributed by atoms with E-state index >= 15 is 0 Å². The fourth-order valence-corrected chi connectivity index (χ4v) is 3.56. The molecule has 0 amide bonds. The molecule has 1 heterocycles. The molecule has 0 aliphatic carbocycles. The fraction of sp³-hybridized carbons (Fsp3) is 0.600. The normalized spacial score (nSPS) is 24.3. The van der Waals surface area contributed by atoms with Crippen LogP contribution in [0, 0.1) is 12.7 Å². The molecule has 118 valence electrons. The first kappa shape index (κ1) is 17.0. The van der Waals surface area contributed by atoms with Crippen LogP contribution in [-0.4, -0.2) is 21.9 Å². The number of benzene rings is 1. The van der Waals surface area contributed by atoms with Crippen LogP contribution in [0.5, 0.6) is 0 Å². The predicted octanol–water partition coefficient (Wildman–Crippen LogP) is 3.24. The Bertz CT molecular complexity index is 521. The molecule has 0 bridgehead atoms. The van der Waals surface area contributed by atoms with Crippen LogP contribution >= 0.6 is 11.6 Å². The van der Waals surface area contributed by atoms with Gasteiger partial charge in [-0.2, -0.15) is 0 Å². The molecule has 0 spiro atoms. The molecule has 1 aliphatic rings. The molecule has 1 aromatic rings. The molecule has 1 unspecified atom stereocenters. The standard InChI is InChI=1S/C15H22ClFN2OS/c1-9-7-10(17)8-11(13(9)16)14-12(5-6-18-14)19-21(20)15(2,3)4/h7-8,12,14,18-19H,5-6H2,1-4H3/t12-,14-,21?/m1/s1. The van der Waals surface area contributed by atoms with Gasteiger partial charge in [0.2, 0.25) is 0 Å². The monoisotopic (exact) mass is 332 g/mol. The van der Waals surface area contributed by atoms with Gasteiger partial charge >= 0.3 is 0 Å². The Labute approximate surface area is 134 Å². The summed E-state index contributed by atoms with van der Waals surface area (Å²) < 4.78 is 28.8. The maximum Gasteiger partial charge on any atom is 0.136 e. The van der Waals surface area contributed by atoms with Crippen molar-refractivity contribution in [3.63, 3.8) is 0 Å². The van der Waals surface area contributed by atoms with E-state index < -0.39 is 11.4 Å². The van der Waals surface area contributed by atoms with Crippen molar-refractivity contribution in [3.05, 3.63) is 34.1 Å². The molecular formula is C15H22ClFN2OS. The largest absolute Gasteiger partial charge is 0.598 e. The fourth-order valence-electron chi connectivity index (χ4n) is 2.45. The van der Waals surface area contributed by atoms with Crippen LogP contribution in [0.15, 0.2) is 12.1 Å². The second kappa shape index (κ2) is 6.42. The van der Waals surface area contributed by atoms with Gasteiger partial charge in [-0.25, -0.2) is 4.39 Å². The van der Waals surface area contributed by atoms with Crippen molar-refractivity contribution in [2.45, 2.75) is 50.9 Å². The van der Waals surface area contributed by atoms with Crippen molar-refractivity contribution in [2.24, 2.45) is 0 Å². The maximum absolute atomic E-state index is 13.7. The topological polar surface area (TPSA) is 47.1 Å². The van der Waals surface area contributed by atoms with Crippen LogP contribution in [0.4, 0.5) is 4.39 Å². The number of hydrogen-bond donors (Lipinski definition) is 2. The molecular weight excluding hydrogens is 311 g/mol. The summed E-state index contributed by atoms with van der Waals surface area (Å²) in [5, 5.41) is 3.90. The Morgan fingerprint density at radius 2 is 2.10 bits per heavy atom. The highest BCUT2D eigenvalue weighted by Gasteiger charge is 2.36. The van der Waals surface area contributed by atoms with E-state index in [9.17, 15) is 8.94 Å². The summed E-state index contributed by atoms with van der Waals surface area (Å²) in [5.41, 5.74) is 1.45. The van der Waals surface area contributed by atoms with Crippen molar-refractivity contribution < 1.29 is 8.94 Å². The summed E-state index contributed by atoms with van der Waals surface area (Å²) in [6.45, 7) is 8.35. The highest BCUT2D eigenvalue weighted by Crippen LogP contribution is 2.33. The van der Waals surface area contributed by atoms with Gasteiger partial charge in [0.1, 0.15) is 10.6 Å². The minimum Gasteiger partial charge on any atom is -0.598 e. The van der Waals surface area contributed by atoms with E-state index in [0.717, 1.165) is 24.1 Å².